The van der Waals surface area contributed by atoms with Crippen LogP contribution in [0.15, 0.2) is 24.3 Å². The number of hydrogen-bond acceptors (Lipinski definition) is 4. The Morgan fingerprint density at radius 1 is 1.14 bits per heavy atom. The SMILES string of the molecule is CCN1CCN(CCCOc2ccc(C(N)=S)cc2)CC1. The number of nitrogens with zero attached hydrogens (tertiary/aromatic N) is 2. The van der Waals surface area contributed by atoms with Crippen molar-refractivity contribution in [3.8, 4) is 5.75 Å². The van der Waals surface area contributed by atoms with E-state index in [0.29, 0.717) is 4.99 Å². The average Bonchev–Trinajstić information content (AvgIpc) is 2.52. The van der Waals surface area contributed by atoms with Crippen molar-refractivity contribution in [1.29, 1.82) is 0 Å². The molecule has 0 radical (unpaired) electrons. The maximum atomic E-state index is 5.75. The van der Waals surface area contributed by atoms with E-state index in [1.54, 1.807) is 0 Å². The van der Waals surface area contributed by atoms with Crippen LogP contribution in [-0.2, 0) is 0 Å². The number of nitrogens with two attached hydrogens (primary N) is 1. The van der Waals surface area contributed by atoms with Crippen LogP contribution in [0.3, 0.4) is 0 Å². The summed E-state index contributed by atoms with van der Waals surface area (Å²) in [5.74, 6) is 0.880. The van der Waals surface area contributed by atoms with Crippen molar-refractivity contribution in [3.05, 3.63) is 29.8 Å². The Hall–Kier alpha value is -1.17. The lowest BCUT2D eigenvalue weighted by molar-refractivity contribution is 0.130. The van der Waals surface area contributed by atoms with E-state index in [0.717, 1.165) is 30.9 Å². The summed E-state index contributed by atoms with van der Waals surface area (Å²) in [4.78, 5) is 5.44. The zero-order chi connectivity index (χ0) is 15.1. The van der Waals surface area contributed by atoms with Gasteiger partial charge in [-0.05, 0) is 37.2 Å². The average molecular weight is 307 g/mol. The van der Waals surface area contributed by atoms with Crippen LogP contribution in [0.4, 0.5) is 0 Å². The number of thiocarbonyl (C=S) groups is 1. The number of hydrogen-bond donors (Lipinski definition) is 1. The molecule has 1 aromatic carbocycles. The molecule has 1 heterocycles. The standard InChI is InChI=1S/C16H25N3OS/c1-2-18-9-11-19(12-10-18)8-3-13-20-15-6-4-14(5-7-15)16(17)21/h4-7H,2-3,8-13H2,1H3,(H2,17,21). The molecule has 21 heavy (non-hydrogen) atoms. The zero-order valence-corrected chi connectivity index (χ0v) is 13.6. The van der Waals surface area contributed by atoms with Gasteiger partial charge >= 0.3 is 0 Å². The van der Waals surface area contributed by atoms with Crippen LogP contribution in [0.5, 0.6) is 5.75 Å². The summed E-state index contributed by atoms with van der Waals surface area (Å²) in [6, 6.07) is 7.66. The lowest BCUT2D eigenvalue weighted by atomic mass is 10.2. The minimum atomic E-state index is 0.424. The molecule has 0 spiro atoms. The van der Waals surface area contributed by atoms with Crippen molar-refractivity contribution in [2.45, 2.75) is 13.3 Å². The van der Waals surface area contributed by atoms with E-state index in [1.807, 2.05) is 24.3 Å². The Kier molecular flexibility index (Phi) is 6.42. The summed E-state index contributed by atoms with van der Waals surface area (Å²) in [6.07, 6.45) is 1.06. The van der Waals surface area contributed by atoms with Crippen LogP contribution in [0, 0.1) is 0 Å². The van der Waals surface area contributed by atoms with E-state index in [2.05, 4.69) is 16.7 Å². The molecule has 0 aliphatic carbocycles. The molecule has 0 saturated carbocycles. The summed E-state index contributed by atoms with van der Waals surface area (Å²) in [5, 5.41) is 0. The van der Waals surface area contributed by atoms with E-state index >= 15 is 0 Å². The first-order valence-electron chi connectivity index (χ1n) is 7.66. The first kappa shape index (κ1) is 16.2. The molecular formula is C16H25N3OS. The summed E-state index contributed by atoms with van der Waals surface area (Å²) in [7, 11) is 0. The Morgan fingerprint density at radius 3 is 2.33 bits per heavy atom. The predicted octanol–water partition coefficient (Wildman–Crippen LogP) is 1.73. The van der Waals surface area contributed by atoms with Crippen molar-refractivity contribution in [2.75, 3.05) is 45.9 Å². The summed E-state index contributed by atoms with van der Waals surface area (Å²) < 4.78 is 5.75. The fourth-order valence-corrected chi connectivity index (χ4v) is 2.66. The molecule has 5 heteroatoms. The second kappa shape index (κ2) is 8.32. The molecule has 1 aliphatic rings. The molecule has 0 bridgehead atoms. The van der Waals surface area contributed by atoms with Crippen LogP contribution < -0.4 is 10.5 Å². The first-order chi connectivity index (χ1) is 10.2. The quantitative estimate of drug-likeness (QED) is 0.614. The maximum absolute atomic E-state index is 5.75. The van der Waals surface area contributed by atoms with Gasteiger partial charge in [-0.15, -0.1) is 0 Å². The van der Waals surface area contributed by atoms with Gasteiger partial charge in [0.05, 0.1) is 6.61 Å². The Balaban J connectivity index is 1.62. The van der Waals surface area contributed by atoms with E-state index in [1.165, 1.54) is 32.7 Å². The van der Waals surface area contributed by atoms with Gasteiger partial charge in [0.2, 0.25) is 0 Å². The third-order valence-electron chi connectivity index (χ3n) is 3.94. The maximum Gasteiger partial charge on any atom is 0.119 e. The lowest BCUT2D eigenvalue weighted by Crippen LogP contribution is -2.46. The molecule has 0 atom stereocenters. The second-order valence-electron chi connectivity index (χ2n) is 5.37. The first-order valence-corrected chi connectivity index (χ1v) is 8.07. The van der Waals surface area contributed by atoms with Crippen molar-refractivity contribution in [1.82, 2.24) is 9.80 Å². The fourth-order valence-electron chi connectivity index (χ4n) is 2.52. The topological polar surface area (TPSA) is 41.7 Å². The highest BCUT2D eigenvalue weighted by Crippen LogP contribution is 2.12. The minimum Gasteiger partial charge on any atom is -0.494 e. The molecule has 1 saturated heterocycles. The highest BCUT2D eigenvalue weighted by atomic mass is 32.1. The van der Waals surface area contributed by atoms with E-state index < -0.39 is 0 Å². The summed E-state index contributed by atoms with van der Waals surface area (Å²) >= 11 is 4.93. The van der Waals surface area contributed by atoms with Gasteiger partial charge in [-0.25, -0.2) is 0 Å². The molecule has 0 unspecified atom stereocenters. The van der Waals surface area contributed by atoms with Crippen LogP contribution in [0.25, 0.3) is 0 Å². The molecule has 116 valence electrons. The molecule has 0 aromatic heterocycles. The minimum absolute atomic E-state index is 0.424. The van der Waals surface area contributed by atoms with Gasteiger partial charge in [0, 0.05) is 38.3 Å². The number of rotatable bonds is 7. The number of ether oxygens (including phenoxy) is 1. The number of benzene rings is 1. The third kappa shape index (κ3) is 5.26. The molecule has 2 rings (SSSR count). The smallest absolute Gasteiger partial charge is 0.119 e. The van der Waals surface area contributed by atoms with Gasteiger partial charge in [-0.2, -0.15) is 0 Å². The van der Waals surface area contributed by atoms with E-state index in [-0.39, 0.29) is 0 Å². The molecule has 4 nitrogen and oxygen atoms in total. The number of likely N-dealkylation sites (N-methyl/N-ethyl adjacent to an activating group) is 1. The van der Waals surface area contributed by atoms with Gasteiger partial charge in [0.15, 0.2) is 0 Å². The lowest BCUT2D eigenvalue weighted by Gasteiger charge is -2.33. The van der Waals surface area contributed by atoms with Gasteiger partial charge in [-0.1, -0.05) is 19.1 Å². The summed E-state index contributed by atoms with van der Waals surface area (Å²) in [6.45, 7) is 10.00. The van der Waals surface area contributed by atoms with Gasteiger partial charge < -0.3 is 20.3 Å². The van der Waals surface area contributed by atoms with Crippen molar-refractivity contribution >= 4 is 17.2 Å². The zero-order valence-electron chi connectivity index (χ0n) is 12.8. The summed E-state index contributed by atoms with van der Waals surface area (Å²) in [5.41, 5.74) is 6.45. The van der Waals surface area contributed by atoms with Crippen LogP contribution in [0.1, 0.15) is 18.9 Å². The monoisotopic (exact) mass is 307 g/mol. The largest absolute Gasteiger partial charge is 0.494 e. The van der Waals surface area contributed by atoms with Gasteiger partial charge in [-0.3, -0.25) is 0 Å². The molecule has 0 amide bonds. The fraction of sp³-hybridized carbons (Fsp3) is 0.562. The van der Waals surface area contributed by atoms with Crippen LogP contribution in [-0.4, -0.2) is 60.7 Å². The van der Waals surface area contributed by atoms with E-state index in [9.17, 15) is 0 Å². The number of piperazine rings is 1. The highest BCUT2D eigenvalue weighted by Gasteiger charge is 2.14. The molecule has 1 aromatic rings. The van der Waals surface area contributed by atoms with Gasteiger partial charge in [0.1, 0.15) is 10.7 Å². The Labute approximate surface area is 132 Å². The van der Waals surface area contributed by atoms with Crippen molar-refractivity contribution in [3.63, 3.8) is 0 Å². The second-order valence-corrected chi connectivity index (χ2v) is 5.81. The molecule has 1 fully saturated rings. The Bertz CT molecular complexity index is 441. The van der Waals surface area contributed by atoms with Crippen LogP contribution >= 0.6 is 12.2 Å². The van der Waals surface area contributed by atoms with Gasteiger partial charge in [0.25, 0.3) is 0 Å². The van der Waals surface area contributed by atoms with E-state index in [4.69, 9.17) is 22.7 Å². The third-order valence-corrected chi connectivity index (χ3v) is 4.17. The molecule has 2 N–H and O–H groups in total. The predicted molar refractivity (Wildman–Crippen MR) is 91.0 cm³/mol. The molecular weight excluding hydrogens is 282 g/mol. The van der Waals surface area contributed by atoms with Crippen molar-refractivity contribution < 1.29 is 4.74 Å². The normalized spacial score (nSPS) is 16.8. The molecule has 1 aliphatic heterocycles. The van der Waals surface area contributed by atoms with Crippen molar-refractivity contribution in [2.24, 2.45) is 5.73 Å². The van der Waals surface area contributed by atoms with Crippen LogP contribution in [0.2, 0.25) is 0 Å². The highest BCUT2D eigenvalue weighted by molar-refractivity contribution is 7.80. The Morgan fingerprint density at radius 2 is 1.76 bits per heavy atom.